The van der Waals surface area contributed by atoms with Crippen LogP contribution in [0.3, 0.4) is 0 Å². The molecule has 3 aliphatic rings. The number of aromatic nitrogens is 1. The quantitative estimate of drug-likeness (QED) is 0.550. The van der Waals surface area contributed by atoms with Crippen LogP contribution in [0.15, 0.2) is 41.0 Å². The molecule has 3 fully saturated rings. The molecule has 2 bridgehead atoms. The van der Waals surface area contributed by atoms with Gasteiger partial charge in [-0.25, -0.2) is 0 Å². The van der Waals surface area contributed by atoms with Crippen LogP contribution in [0.1, 0.15) is 38.0 Å². The van der Waals surface area contributed by atoms with Crippen molar-refractivity contribution in [3.05, 3.63) is 56.8 Å². The summed E-state index contributed by atoms with van der Waals surface area (Å²) in [5.41, 5.74) is 1.29. The van der Waals surface area contributed by atoms with Crippen LogP contribution in [0.2, 0.25) is 0 Å². The van der Waals surface area contributed by atoms with Crippen molar-refractivity contribution in [2.75, 3.05) is 5.32 Å². The Balaban J connectivity index is 1.68. The van der Waals surface area contributed by atoms with Crippen LogP contribution >= 0.6 is 15.9 Å². The average molecular weight is 404 g/mol. The lowest BCUT2D eigenvalue weighted by molar-refractivity contribution is -0.384. The zero-order valence-electron chi connectivity index (χ0n) is 13.7. The Hall–Kier alpha value is -2.15. The lowest BCUT2D eigenvalue weighted by Crippen LogP contribution is -2.63. The Morgan fingerprint density at radius 3 is 2.72 bits per heavy atom. The number of nitro groups is 1. The molecule has 0 saturated heterocycles. The highest BCUT2D eigenvalue weighted by atomic mass is 79.9. The fourth-order valence-corrected chi connectivity index (χ4v) is 4.12. The second-order valence-corrected chi connectivity index (χ2v) is 7.87. The Morgan fingerprint density at radius 2 is 2.16 bits per heavy atom. The zero-order valence-corrected chi connectivity index (χ0v) is 15.3. The van der Waals surface area contributed by atoms with Crippen molar-refractivity contribution in [2.45, 2.75) is 37.8 Å². The van der Waals surface area contributed by atoms with Crippen molar-refractivity contribution in [2.24, 2.45) is 5.92 Å². The second-order valence-electron chi connectivity index (χ2n) is 6.95. The molecule has 5 rings (SSSR count). The van der Waals surface area contributed by atoms with Crippen LogP contribution in [0, 0.1) is 16.0 Å². The van der Waals surface area contributed by atoms with Crippen LogP contribution in [-0.2, 0) is 0 Å². The number of nitrogens with one attached hydrogen (secondary N) is 1. The fourth-order valence-electron chi connectivity index (χ4n) is 3.69. The van der Waals surface area contributed by atoms with Gasteiger partial charge in [0, 0.05) is 22.3 Å². The van der Waals surface area contributed by atoms with Crippen LogP contribution in [0.4, 0.5) is 11.4 Å². The molecule has 7 heteroatoms. The van der Waals surface area contributed by atoms with E-state index >= 15 is 0 Å². The first-order chi connectivity index (χ1) is 12.0. The molecule has 1 aromatic carbocycles. The van der Waals surface area contributed by atoms with Gasteiger partial charge in [0.2, 0.25) is 0 Å². The molecule has 25 heavy (non-hydrogen) atoms. The molecule has 0 radical (unpaired) electrons. The van der Waals surface area contributed by atoms with E-state index < -0.39 is 0 Å². The summed E-state index contributed by atoms with van der Waals surface area (Å²) in [7, 11) is 0. The molecule has 3 saturated carbocycles. The van der Waals surface area contributed by atoms with Crippen LogP contribution in [0.5, 0.6) is 5.75 Å². The van der Waals surface area contributed by atoms with Crippen molar-refractivity contribution in [1.82, 2.24) is 4.98 Å². The maximum atomic E-state index is 11.6. The lowest BCUT2D eigenvalue weighted by atomic mass is 9.50. The summed E-state index contributed by atoms with van der Waals surface area (Å²) >= 11 is 3.35. The summed E-state index contributed by atoms with van der Waals surface area (Å²) in [5, 5.41) is 15.0. The van der Waals surface area contributed by atoms with Gasteiger partial charge in [-0.1, -0.05) is 22.0 Å². The highest BCUT2D eigenvalue weighted by molar-refractivity contribution is 9.10. The number of nitrogens with zero attached hydrogens (tertiary/aromatic N) is 2. The third-order valence-corrected chi connectivity index (χ3v) is 5.54. The first kappa shape index (κ1) is 16.3. The van der Waals surface area contributed by atoms with Gasteiger partial charge < -0.3 is 10.1 Å². The molecule has 1 heterocycles. The third kappa shape index (κ3) is 2.97. The molecule has 0 spiro atoms. The molecule has 1 atom stereocenters. The minimum Gasteiger partial charge on any atom is -0.482 e. The SMILES string of the molecule is C[C@@H](Oc1cc(Br)cc([N+](=O)[O-])c1NC12CC(C1)C2)c1ccccn1. The fraction of sp³-hybridized carbons (Fsp3) is 0.389. The number of benzene rings is 1. The summed E-state index contributed by atoms with van der Waals surface area (Å²) in [6, 6.07) is 8.92. The molecule has 0 unspecified atom stereocenters. The predicted molar refractivity (Wildman–Crippen MR) is 97.8 cm³/mol. The summed E-state index contributed by atoms with van der Waals surface area (Å²) < 4.78 is 6.69. The van der Waals surface area contributed by atoms with E-state index in [0.717, 1.165) is 30.9 Å². The number of hydrogen-bond acceptors (Lipinski definition) is 5. The van der Waals surface area contributed by atoms with Crippen LogP contribution < -0.4 is 10.1 Å². The molecule has 1 N–H and O–H groups in total. The van der Waals surface area contributed by atoms with Gasteiger partial charge in [0.25, 0.3) is 5.69 Å². The van der Waals surface area contributed by atoms with Gasteiger partial charge in [0.05, 0.1) is 10.6 Å². The molecular formula is C18H18BrN3O3. The Bertz CT molecular complexity index is 811. The third-order valence-electron chi connectivity index (χ3n) is 5.08. The number of anilines is 1. The highest BCUT2D eigenvalue weighted by Crippen LogP contribution is 2.60. The van der Waals surface area contributed by atoms with E-state index in [9.17, 15) is 10.1 Å². The van der Waals surface area contributed by atoms with Gasteiger partial charge in [-0.15, -0.1) is 0 Å². The molecule has 130 valence electrons. The highest BCUT2D eigenvalue weighted by Gasteiger charge is 2.57. The molecule has 1 aromatic heterocycles. The number of ether oxygens (including phenoxy) is 1. The average Bonchev–Trinajstić information content (AvgIpc) is 2.51. The van der Waals surface area contributed by atoms with E-state index in [-0.39, 0.29) is 22.3 Å². The topological polar surface area (TPSA) is 77.3 Å². The number of hydrogen-bond donors (Lipinski definition) is 1. The predicted octanol–water partition coefficient (Wildman–Crippen LogP) is 4.86. The van der Waals surface area contributed by atoms with Gasteiger partial charge in [-0.2, -0.15) is 0 Å². The largest absolute Gasteiger partial charge is 0.482 e. The van der Waals surface area contributed by atoms with Gasteiger partial charge in [0.1, 0.15) is 6.10 Å². The standard InChI is InChI=1S/C18H18BrN3O3/c1-11(14-4-2-3-5-20-14)25-16-7-13(19)6-15(22(23)24)17(16)21-18-8-12(9-18)10-18/h2-7,11-12,21H,8-10H2,1H3/t11-,12?,18?/m1/s1. The minimum atomic E-state index is -0.364. The Kier molecular flexibility index (Phi) is 3.91. The summed E-state index contributed by atoms with van der Waals surface area (Å²) in [4.78, 5) is 15.5. The molecule has 0 aliphatic heterocycles. The number of pyridine rings is 1. The van der Waals surface area contributed by atoms with E-state index in [1.54, 1.807) is 12.3 Å². The van der Waals surface area contributed by atoms with E-state index in [2.05, 4.69) is 26.2 Å². The zero-order chi connectivity index (χ0) is 17.6. The van der Waals surface area contributed by atoms with Crippen molar-refractivity contribution < 1.29 is 9.66 Å². The van der Waals surface area contributed by atoms with Crippen molar-refractivity contribution in [3.8, 4) is 5.75 Å². The summed E-state index contributed by atoms with van der Waals surface area (Å²) in [5.74, 6) is 1.25. The smallest absolute Gasteiger partial charge is 0.297 e. The van der Waals surface area contributed by atoms with Gasteiger partial charge >= 0.3 is 0 Å². The monoisotopic (exact) mass is 403 g/mol. The van der Waals surface area contributed by atoms with E-state index in [4.69, 9.17) is 4.74 Å². The van der Waals surface area contributed by atoms with Crippen LogP contribution in [0.25, 0.3) is 0 Å². The lowest BCUT2D eigenvalue weighted by Gasteiger charge is -2.62. The van der Waals surface area contributed by atoms with Gasteiger partial charge in [0.15, 0.2) is 11.4 Å². The normalized spacial score (nSPS) is 24.6. The molecular weight excluding hydrogens is 386 g/mol. The maximum absolute atomic E-state index is 11.6. The van der Waals surface area contributed by atoms with Crippen molar-refractivity contribution in [1.29, 1.82) is 0 Å². The maximum Gasteiger partial charge on any atom is 0.297 e. The number of rotatable bonds is 6. The van der Waals surface area contributed by atoms with E-state index in [1.165, 1.54) is 6.07 Å². The first-order valence-corrected chi connectivity index (χ1v) is 9.09. The van der Waals surface area contributed by atoms with Gasteiger partial charge in [-0.05, 0) is 50.3 Å². The molecule has 6 nitrogen and oxygen atoms in total. The van der Waals surface area contributed by atoms with Crippen LogP contribution in [-0.4, -0.2) is 15.4 Å². The number of nitro benzene ring substituents is 1. The second kappa shape index (κ2) is 5.98. The van der Waals surface area contributed by atoms with E-state index in [1.807, 2.05) is 25.1 Å². The van der Waals surface area contributed by atoms with Crippen molar-refractivity contribution in [3.63, 3.8) is 0 Å². The molecule has 3 aliphatic carbocycles. The van der Waals surface area contributed by atoms with Crippen molar-refractivity contribution >= 4 is 27.3 Å². The Labute approximate surface area is 153 Å². The van der Waals surface area contributed by atoms with E-state index in [0.29, 0.717) is 15.9 Å². The number of halogens is 1. The summed E-state index contributed by atoms with van der Waals surface area (Å²) in [6.07, 6.45) is 4.63. The first-order valence-electron chi connectivity index (χ1n) is 8.29. The minimum absolute atomic E-state index is 0.00952. The molecule has 0 amide bonds. The summed E-state index contributed by atoms with van der Waals surface area (Å²) in [6.45, 7) is 1.89. The van der Waals surface area contributed by atoms with Gasteiger partial charge in [-0.3, -0.25) is 15.1 Å². The molecule has 2 aromatic rings. The Morgan fingerprint density at radius 1 is 1.40 bits per heavy atom.